The number of primary amides is 2. The molecule has 32 nitrogen and oxygen atoms in total. The molecule has 2 saturated heterocycles. The third-order valence-electron chi connectivity index (χ3n) is 17.5. The molecule has 7 aromatic carbocycles. The summed E-state index contributed by atoms with van der Waals surface area (Å²) in [5.74, 6) is -1.51. The highest BCUT2D eigenvalue weighted by Crippen LogP contribution is 2.30. The van der Waals surface area contributed by atoms with E-state index in [1.165, 1.54) is 36.3 Å². The van der Waals surface area contributed by atoms with Crippen molar-refractivity contribution in [1.82, 2.24) is 25.3 Å². The van der Waals surface area contributed by atoms with Gasteiger partial charge in [0.25, 0.3) is 41.4 Å². The van der Waals surface area contributed by atoms with Gasteiger partial charge in [0.15, 0.2) is 0 Å². The summed E-state index contributed by atoms with van der Waals surface area (Å²) < 4.78 is 15.1. The number of nitrogens with two attached hydrogens (primary N) is 9. The van der Waals surface area contributed by atoms with Crippen LogP contribution in [0.4, 0.5) is 73.9 Å². The minimum Gasteiger partial charge on any atom is -0.507 e. The van der Waals surface area contributed by atoms with E-state index in [4.69, 9.17) is 70.9 Å². The first-order valence-corrected chi connectivity index (χ1v) is 37.3. The fourth-order valence-corrected chi connectivity index (χ4v) is 11.6. The second kappa shape index (κ2) is 49.3. The van der Waals surface area contributed by atoms with E-state index in [2.05, 4.69) is 20.4 Å². The summed E-state index contributed by atoms with van der Waals surface area (Å²) in [5, 5.41) is 23.9. The summed E-state index contributed by atoms with van der Waals surface area (Å²) in [4.78, 5) is 99.2. The summed E-state index contributed by atoms with van der Waals surface area (Å²) >= 11 is 0. The SMILES string of the molecule is CCN(CC)c1ccc(N)cc1C(N)=O.CCN(CCO)c1ccc(N)cc1C(N)=O.CN(C)C(=O)c1cc(N)ccc1N(C)C.CN(C)C(=O)c1cc(N)ccc1O.CN(C)c1ccc(N)cc1C(=O)N1CCOCC1.COCCNC(=O)c1cc(N)ccc1N(C)C.COCCNC(=O)c1cc(N)ccc1N1CCCCC1. The Bertz CT molecular complexity index is 4220. The van der Waals surface area contributed by atoms with Gasteiger partial charge in [0, 0.05) is 224 Å². The zero-order valence-electron chi connectivity index (χ0n) is 69.1. The molecule has 7 aromatic rings. The standard InChI is InChI=1S/C15H23N3O2.C13H19N3O2.C12H19N3O2.C11H17N3O2.2C11H17N3O.C9H12N2O2/c1-20-10-7-17-15(19)13-11-12(16)5-6-14(13)18-8-3-2-4-9-18;1-15(2)12-4-3-10(14)9-11(12)13(17)16-5-7-18-8-6-16;1-15(2)11-5-4-9(13)8-10(11)12(16)14-6-7-17-3;1-2-14(5-6-15)10-4-3-8(12)7-9(10)11(13)16;1-13(2)10-6-5-8(12)7-9(10)11(15)14(3)4;1-3-14(4-2)10-6-5-8(12)7-9(10)11(13)15;1-11(2)9(13)7-5-6(10)3-4-8(7)12/h5-6,11H,2-4,7-10,16H2,1H3,(H,17,19);3-4,9H,5-8,14H2,1-2H3;4-5,8H,6-7,13H2,1-3H3,(H,14,16);3-4,7,15H,2,5-6,12H2,1H3,(H2,13,16);5-7H,12H2,1-4H3;5-7H,3-4,12H2,1-2H3,(H2,13,15);3-5,12H,10H2,1-2H3. The molecule has 0 aliphatic carbocycles. The molecule has 22 N–H and O–H groups in total. The maximum Gasteiger partial charge on any atom is 0.257 e. The number of methoxy groups -OCH3 is 2. The number of nitrogens with zero attached hydrogens (tertiary/aromatic N) is 9. The van der Waals surface area contributed by atoms with Crippen LogP contribution < -0.4 is 91.6 Å². The van der Waals surface area contributed by atoms with Crippen LogP contribution in [0.2, 0.25) is 0 Å². The van der Waals surface area contributed by atoms with Crippen molar-refractivity contribution in [2.24, 2.45) is 11.5 Å². The number of rotatable bonds is 24. The van der Waals surface area contributed by atoms with Gasteiger partial charge < -0.3 is 131 Å². The molecule has 624 valence electrons. The molecule has 0 atom stereocenters. The molecule has 0 spiro atoms. The smallest absolute Gasteiger partial charge is 0.257 e. The Balaban J connectivity index is 0.000000346. The molecule has 7 amide bonds. The van der Waals surface area contributed by atoms with Crippen molar-refractivity contribution >= 4 is 115 Å². The number of morpholine rings is 1. The zero-order chi connectivity index (χ0) is 85.5. The second-order valence-electron chi connectivity index (χ2n) is 27.2. The van der Waals surface area contributed by atoms with Gasteiger partial charge in [-0.2, -0.15) is 0 Å². The number of nitrogen functional groups attached to an aromatic ring is 7. The van der Waals surface area contributed by atoms with Crippen LogP contribution in [-0.2, 0) is 14.2 Å². The molecule has 0 saturated carbocycles. The monoisotopic (exact) mass is 1580 g/mol. The van der Waals surface area contributed by atoms with Crippen molar-refractivity contribution in [1.29, 1.82) is 0 Å². The van der Waals surface area contributed by atoms with Gasteiger partial charge >= 0.3 is 0 Å². The summed E-state index contributed by atoms with van der Waals surface area (Å²) in [6.07, 6.45) is 3.62. The highest BCUT2D eigenvalue weighted by atomic mass is 16.5. The number of likely N-dealkylation sites (N-methyl/N-ethyl adjacent to an activating group) is 1. The molecule has 2 aliphatic rings. The Hall–Kier alpha value is -12.1. The molecule has 9 rings (SSSR count). The van der Waals surface area contributed by atoms with E-state index in [0.717, 1.165) is 54.6 Å². The summed E-state index contributed by atoms with van der Waals surface area (Å²) in [7, 11) is 21.3. The van der Waals surface area contributed by atoms with E-state index in [1.807, 2.05) is 130 Å². The Morgan fingerprint density at radius 2 is 0.772 bits per heavy atom. The maximum absolute atomic E-state index is 12.5. The molecule has 0 bridgehead atoms. The number of carbonyl (C=O) groups excluding carboxylic acids is 7. The topological polar surface area (TPSA) is 475 Å². The number of ether oxygens (including phenoxy) is 3. The van der Waals surface area contributed by atoms with Crippen LogP contribution in [0, 0.1) is 0 Å². The number of nitrogens with one attached hydrogen (secondary N) is 2. The Kier molecular flexibility index (Phi) is 41.5. The van der Waals surface area contributed by atoms with Gasteiger partial charge in [0.1, 0.15) is 5.75 Å². The fraction of sp³-hybridized carbons (Fsp3) is 0.402. The van der Waals surface area contributed by atoms with Gasteiger partial charge in [-0.3, -0.25) is 33.6 Å². The van der Waals surface area contributed by atoms with Crippen molar-refractivity contribution in [3.8, 4) is 5.75 Å². The number of anilines is 13. The van der Waals surface area contributed by atoms with Crippen LogP contribution in [0.15, 0.2) is 127 Å². The lowest BCUT2D eigenvalue weighted by Gasteiger charge is -2.30. The molecular weight excluding hydrogens is 1460 g/mol. The third-order valence-corrected chi connectivity index (χ3v) is 17.5. The number of phenols is 1. The number of aliphatic hydroxyl groups excluding tert-OH is 1. The summed E-state index contributed by atoms with van der Waals surface area (Å²) in [6.45, 7) is 15.3. The van der Waals surface area contributed by atoms with Gasteiger partial charge in [-0.05, 0) is 167 Å². The van der Waals surface area contributed by atoms with Crippen molar-refractivity contribution in [2.75, 3.05) is 253 Å². The van der Waals surface area contributed by atoms with Crippen molar-refractivity contribution < 1.29 is 58.0 Å². The van der Waals surface area contributed by atoms with Gasteiger partial charge in [-0.15, -0.1) is 0 Å². The molecule has 2 fully saturated rings. The number of hydrogen-bond donors (Lipinski definition) is 13. The van der Waals surface area contributed by atoms with Crippen molar-refractivity contribution in [3.63, 3.8) is 0 Å². The number of aromatic hydroxyl groups is 1. The number of piperidine rings is 1. The zero-order valence-corrected chi connectivity index (χ0v) is 69.1. The number of phenolic OH excluding ortho intramolecular Hbond substituents is 1. The van der Waals surface area contributed by atoms with Gasteiger partial charge in [0.2, 0.25) is 0 Å². The molecular formula is C82H124N20O12. The molecule has 0 unspecified atom stereocenters. The largest absolute Gasteiger partial charge is 0.507 e. The number of aliphatic hydroxyl groups is 1. The summed E-state index contributed by atoms with van der Waals surface area (Å²) in [5.41, 5.74) is 63.0. The first kappa shape index (κ1) is 96.1. The lowest BCUT2D eigenvalue weighted by Crippen LogP contribution is -2.41. The first-order valence-electron chi connectivity index (χ1n) is 37.3. The minimum absolute atomic E-state index is 0.0225. The van der Waals surface area contributed by atoms with Crippen LogP contribution in [0.5, 0.6) is 5.75 Å². The predicted molar refractivity (Wildman–Crippen MR) is 463 cm³/mol. The van der Waals surface area contributed by atoms with Crippen LogP contribution in [0.3, 0.4) is 0 Å². The average molecular weight is 1580 g/mol. The highest BCUT2D eigenvalue weighted by Gasteiger charge is 2.24. The quantitative estimate of drug-likeness (QED) is 0.0180. The van der Waals surface area contributed by atoms with Crippen LogP contribution in [0.1, 0.15) is 113 Å². The normalized spacial score (nSPS) is 11.8. The van der Waals surface area contributed by atoms with E-state index in [0.29, 0.717) is 145 Å². The van der Waals surface area contributed by atoms with Crippen LogP contribution in [-0.4, -0.2) is 249 Å². The Morgan fingerprint density at radius 3 is 1.18 bits per heavy atom. The van der Waals surface area contributed by atoms with Crippen LogP contribution in [0.25, 0.3) is 0 Å². The minimum atomic E-state index is -0.515. The van der Waals surface area contributed by atoms with Crippen molar-refractivity contribution in [3.05, 3.63) is 166 Å². The molecule has 32 heteroatoms. The van der Waals surface area contributed by atoms with E-state index in [1.54, 1.807) is 120 Å². The lowest BCUT2D eigenvalue weighted by molar-refractivity contribution is 0.0303. The predicted octanol–water partition coefficient (Wildman–Crippen LogP) is 6.27. The number of carbonyl (C=O) groups is 7. The van der Waals surface area contributed by atoms with E-state index in [-0.39, 0.29) is 47.5 Å². The second-order valence-corrected chi connectivity index (χ2v) is 27.2. The molecule has 0 radical (unpaired) electrons. The highest BCUT2D eigenvalue weighted by molar-refractivity contribution is 6.04. The third kappa shape index (κ3) is 30.9. The lowest BCUT2D eigenvalue weighted by atomic mass is 10.1. The van der Waals surface area contributed by atoms with Gasteiger partial charge in [-0.25, -0.2) is 0 Å². The van der Waals surface area contributed by atoms with Gasteiger partial charge in [0.05, 0.1) is 72.0 Å². The Labute approximate surface area is 671 Å². The maximum atomic E-state index is 12.5. The van der Waals surface area contributed by atoms with E-state index in [9.17, 15) is 38.7 Å². The molecule has 2 aliphatic heterocycles. The molecule has 0 aromatic heterocycles. The Morgan fingerprint density at radius 1 is 0.430 bits per heavy atom. The van der Waals surface area contributed by atoms with E-state index < -0.39 is 11.8 Å². The number of amides is 7. The fourth-order valence-electron chi connectivity index (χ4n) is 11.6. The van der Waals surface area contributed by atoms with Crippen LogP contribution >= 0.6 is 0 Å². The van der Waals surface area contributed by atoms with Crippen molar-refractivity contribution in [2.45, 2.75) is 40.0 Å². The first-order chi connectivity index (χ1) is 54.0. The van der Waals surface area contributed by atoms with E-state index >= 15 is 0 Å². The molecule has 2 heterocycles. The number of benzene rings is 7. The average Bonchev–Trinajstić information content (AvgIpc) is 0.820. The summed E-state index contributed by atoms with van der Waals surface area (Å²) in [6, 6.07) is 36.3. The molecule has 114 heavy (non-hydrogen) atoms. The van der Waals surface area contributed by atoms with Gasteiger partial charge in [-0.1, -0.05) is 0 Å². The number of hydrogen-bond acceptors (Lipinski definition) is 25.